The number of nitrogens with one attached hydrogen (secondary N) is 1. The Labute approximate surface area is 189 Å². The molecule has 4 rings (SSSR count). The Morgan fingerprint density at radius 2 is 1.81 bits per heavy atom. The van der Waals surface area contributed by atoms with Crippen molar-refractivity contribution >= 4 is 34.2 Å². The number of rotatable bonds is 6. The third kappa shape index (κ3) is 4.60. The number of methoxy groups -OCH3 is 1. The smallest absolute Gasteiger partial charge is 0.344 e. The van der Waals surface area contributed by atoms with E-state index in [-0.39, 0.29) is 12.5 Å². The molecule has 0 aliphatic carbocycles. The molecule has 1 heterocycles. The van der Waals surface area contributed by atoms with Gasteiger partial charge in [-0.3, -0.25) is 4.79 Å². The minimum absolute atomic E-state index is 0.200. The number of ether oxygens (including phenoxy) is 2. The summed E-state index contributed by atoms with van der Waals surface area (Å²) in [4.78, 5) is 25.0. The summed E-state index contributed by atoms with van der Waals surface area (Å²) < 4.78 is 16.4. The van der Waals surface area contributed by atoms with Crippen molar-refractivity contribution in [2.45, 2.75) is 6.92 Å². The van der Waals surface area contributed by atoms with Gasteiger partial charge >= 0.3 is 5.63 Å². The fraction of sp³-hybridized carbons (Fsp3) is 0.120. The SMILES string of the molecule is COc1ccc(-c2cc3ccccc3oc2=O)cc1NC(=O)COc1ccc(Cl)cc1C. The van der Waals surface area contributed by atoms with Crippen LogP contribution in [-0.4, -0.2) is 19.6 Å². The van der Waals surface area contributed by atoms with E-state index in [0.717, 1.165) is 10.9 Å². The van der Waals surface area contributed by atoms with Crippen LogP contribution in [0.15, 0.2) is 75.9 Å². The zero-order chi connectivity index (χ0) is 22.7. The fourth-order valence-electron chi connectivity index (χ4n) is 3.34. The van der Waals surface area contributed by atoms with Crippen LogP contribution in [0.3, 0.4) is 0 Å². The van der Waals surface area contributed by atoms with E-state index in [9.17, 15) is 9.59 Å². The average Bonchev–Trinajstić information content (AvgIpc) is 2.78. The summed E-state index contributed by atoms with van der Waals surface area (Å²) in [6.07, 6.45) is 0. The van der Waals surface area contributed by atoms with E-state index in [1.54, 1.807) is 54.6 Å². The van der Waals surface area contributed by atoms with Crippen LogP contribution < -0.4 is 20.4 Å². The number of hydrogen-bond acceptors (Lipinski definition) is 5. The van der Waals surface area contributed by atoms with Gasteiger partial charge in [0.2, 0.25) is 0 Å². The molecular formula is C25H20ClNO5. The third-order valence-electron chi connectivity index (χ3n) is 4.92. The highest BCUT2D eigenvalue weighted by Crippen LogP contribution is 2.31. The maximum atomic E-state index is 12.5. The monoisotopic (exact) mass is 449 g/mol. The van der Waals surface area contributed by atoms with Crippen molar-refractivity contribution in [3.8, 4) is 22.6 Å². The molecule has 0 atom stereocenters. The van der Waals surface area contributed by atoms with Gasteiger partial charge in [-0.15, -0.1) is 0 Å². The van der Waals surface area contributed by atoms with E-state index in [1.165, 1.54) is 7.11 Å². The Bertz CT molecular complexity index is 1360. The van der Waals surface area contributed by atoms with Crippen molar-refractivity contribution in [2.24, 2.45) is 0 Å². The van der Waals surface area contributed by atoms with Crippen molar-refractivity contribution in [1.29, 1.82) is 0 Å². The third-order valence-corrected chi connectivity index (χ3v) is 5.16. The van der Waals surface area contributed by atoms with Gasteiger partial charge < -0.3 is 19.2 Å². The van der Waals surface area contributed by atoms with E-state index in [1.807, 2.05) is 19.1 Å². The van der Waals surface area contributed by atoms with Gasteiger partial charge in [0.25, 0.3) is 5.91 Å². The molecule has 0 aliphatic heterocycles. The first-order valence-electron chi connectivity index (χ1n) is 9.84. The van der Waals surface area contributed by atoms with Gasteiger partial charge in [-0.05, 0) is 60.5 Å². The predicted octanol–water partition coefficient (Wildman–Crippen LogP) is 5.45. The van der Waals surface area contributed by atoms with Crippen LogP contribution in [0, 0.1) is 6.92 Å². The summed E-state index contributed by atoms with van der Waals surface area (Å²) in [5.74, 6) is 0.648. The van der Waals surface area contributed by atoms with Gasteiger partial charge in [-0.2, -0.15) is 0 Å². The van der Waals surface area contributed by atoms with Crippen LogP contribution in [0.25, 0.3) is 22.1 Å². The molecule has 162 valence electrons. The van der Waals surface area contributed by atoms with Crippen molar-refractivity contribution in [3.63, 3.8) is 0 Å². The topological polar surface area (TPSA) is 77.8 Å². The number of aryl methyl sites for hydroxylation is 1. The fourth-order valence-corrected chi connectivity index (χ4v) is 3.57. The second kappa shape index (κ2) is 9.16. The van der Waals surface area contributed by atoms with E-state index in [4.69, 9.17) is 25.5 Å². The van der Waals surface area contributed by atoms with Gasteiger partial charge in [-0.1, -0.05) is 35.9 Å². The zero-order valence-corrected chi connectivity index (χ0v) is 18.2. The molecular weight excluding hydrogens is 430 g/mol. The van der Waals surface area contributed by atoms with Crippen molar-refractivity contribution in [1.82, 2.24) is 0 Å². The normalized spacial score (nSPS) is 10.7. The summed E-state index contributed by atoms with van der Waals surface area (Å²) in [6.45, 7) is 1.65. The lowest BCUT2D eigenvalue weighted by Crippen LogP contribution is -2.20. The van der Waals surface area contributed by atoms with Crippen LogP contribution in [0.2, 0.25) is 5.02 Å². The summed E-state index contributed by atoms with van der Waals surface area (Å²) in [5.41, 5.74) is 2.27. The second-order valence-electron chi connectivity index (χ2n) is 7.15. The molecule has 6 nitrogen and oxygen atoms in total. The number of amides is 1. The van der Waals surface area contributed by atoms with Gasteiger partial charge in [-0.25, -0.2) is 4.79 Å². The molecule has 1 N–H and O–H groups in total. The Hall–Kier alpha value is -3.77. The molecule has 4 aromatic rings. The van der Waals surface area contributed by atoms with Crippen molar-refractivity contribution in [2.75, 3.05) is 19.0 Å². The zero-order valence-electron chi connectivity index (χ0n) is 17.5. The number of para-hydroxylation sites is 1. The molecule has 0 fully saturated rings. The molecule has 0 saturated carbocycles. The first kappa shape index (κ1) is 21.5. The first-order chi connectivity index (χ1) is 15.4. The van der Waals surface area contributed by atoms with Crippen molar-refractivity contribution in [3.05, 3.63) is 87.7 Å². The highest BCUT2D eigenvalue weighted by molar-refractivity contribution is 6.30. The summed E-state index contributed by atoms with van der Waals surface area (Å²) in [5, 5.41) is 4.18. The van der Waals surface area contributed by atoms with Crippen LogP contribution in [0.1, 0.15) is 5.56 Å². The number of fused-ring (bicyclic) bond motifs is 1. The standard InChI is InChI=1S/C25H20ClNO5/c1-15-11-18(26)8-10-21(15)31-14-24(28)27-20-13-16(7-9-23(20)30-2)19-12-17-5-3-4-6-22(17)32-25(19)29/h3-13H,14H2,1-2H3,(H,27,28). The number of carbonyl (C=O) groups excluding carboxylic acids is 1. The van der Waals surface area contributed by atoms with E-state index in [0.29, 0.717) is 38.9 Å². The summed E-state index contributed by atoms with van der Waals surface area (Å²) in [6, 6.07) is 19.3. The van der Waals surface area contributed by atoms with Gasteiger partial charge in [0, 0.05) is 10.4 Å². The van der Waals surface area contributed by atoms with Crippen LogP contribution >= 0.6 is 11.6 Å². The largest absolute Gasteiger partial charge is 0.495 e. The van der Waals surface area contributed by atoms with E-state index in [2.05, 4.69) is 5.32 Å². The Morgan fingerprint density at radius 1 is 1.03 bits per heavy atom. The molecule has 1 aromatic heterocycles. The number of hydrogen-bond donors (Lipinski definition) is 1. The van der Waals surface area contributed by atoms with Crippen LogP contribution in [0.4, 0.5) is 5.69 Å². The molecule has 0 aliphatic rings. The first-order valence-corrected chi connectivity index (χ1v) is 10.2. The molecule has 7 heteroatoms. The lowest BCUT2D eigenvalue weighted by atomic mass is 10.0. The molecule has 3 aromatic carbocycles. The van der Waals surface area contributed by atoms with Gasteiger partial charge in [0.1, 0.15) is 17.1 Å². The number of benzene rings is 3. The quantitative estimate of drug-likeness (QED) is 0.396. The lowest BCUT2D eigenvalue weighted by Gasteiger charge is -2.13. The van der Waals surface area contributed by atoms with E-state index < -0.39 is 5.63 Å². The molecule has 1 amide bonds. The highest BCUT2D eigenvalue weighted by Gasteiger charge is 2.14. The van der Waals surface area contributed by atoms with E-state index >= 15 is 0 Å². The minimum atomic E-state index is -0.465. The van der Waals surface area contributed by atoms with Crippen LogP contribution in [0.5, 0.6) is 11.5 Å². The maximum absolute atomic E-state index is 12.5. The van der Waals surface area contributed by atoms with Crippen molar-refractivity contribution < 1.29 is 18.7 Å². The second-order valence-corrected chi connectivity index (χ2v) is 7.58. The minimum Gasteiger partial charge on any atom is -0.495 e. The predicted molar refractivity (Wildman–Crippen MR) is 125 cm³/mol. The number of anilines is 1. The average molecular weight is 450 g/mol. The maximum Gasteiger partial charge on any atom is 0.344 e. The van der Waals surface area contributed by atoms with Crippen LogP contribution in [-0.2, 0) is 4.79 Å². The molecule has 0 spiro atoms. The molecule has 0 radical (unpaired) electrons. The lowest BCUT2D eigenvalue weighted by molar-refractivity contribution is -0.118. The molecule has 0 bridgehead atoms. The summed E-state index contributed by atoms with van der Waals surface area (Å²) >= 11 is 5.95. The molecule has 0 unspecified atom stereocenters. The Morgan fingerprint density at radius 3 is 2.59 bits per heavy atom. The Balaban J connectivity index is 1.58. The molecule has 32 heavy (non-hydrogen) atoms. The van der Waals surface area contributed by atoms with Gasteiger partial charge in [0.05, 0.1) is 18.4 Å². The highest BCUT2D eigenvalue weighted by atomic mass is 35.5. The van der Waals surface area contributed by atoms with Gasteiger partial charge in [0.15, 0.2) is 6.61 Å². The Kier molecular flexibility index (Phi) is 6.14. The summed E-state index contributed by atoms with van der Waals surface area (Å²) in [7, 11) is 1.50. The number of carbonyl (C=O) groups is 1. The molecule has 0 saturated heterocycles. The number of halogens is 1.